The van der Waals surface area contributed by atoms with Gasteiger partial charge in [0.05, 0.1) is 19.3 Å². The van der Waals surface area contributed by atoms with Crippen molar-refractivity contribution in [2.45, 2.75) is 11.3 Å². The fraction of sp³-hybridized carbons (Fsp3) is 0.889. The molecular formula is C9H15N3O4S. The molecule has 7 nitrogen and oxygen atoms in total. The Balaban J connectivity index is 1.72. The molecule has 0 aromatic carbocycles. The lowest BCUT2D eigenvalue weighted by Crippen LogP contribution is -2.58. The molecule has 0 aliphatic carbocycles. The summed E-state index contributed by atoms with van der Waals surface area (Å²) in [6, 6.07) is -0.106. The third kappa shape index (κ3) is 1.71. The van der Waals surface area contributed by atoms with E-state index < -0.39 is 10.0 Å². The van der Waals surface area contributed by atoms with Crippen LogP contribution in [0.2, 0.25) is 0 Å². The second-order valence-electron chi connectivity index (χ2n) is 4.60. The van der Waals surface area contributed by atoms with Gasteiger partial charge in [-0.05, 0) is 0 Å². The van der Waals surface area contributed by atoms with E-state index in [1.807, 2.05) is 0 Å². The zero-order chi connectivity index (χ0) is 12.0. The maximum absolute atomic E-state index is 12.2. The van der Waals surface area contributed by atoms with E-state index in [0.717, 1.165) is 0 Å². The van der Waals surface area contributed by atoms with Gasteiger partial charge in [-0.15, -0.1) is 0 Å². The van der Waals surface area contributed by atoms with Crippen molar-refractivity contribution in [2.75, 3.05) is 39.4 Å². The van der Waals surface area contributed by atoms with Gasteiger partial charge in [0.1, 0.15) is 5.25 Å². The molecule has 1 unspecified atom stereocenters. The molecule has 0 radical (unpaired) electrons. The molecule has 0 aromatic heterocycles. The lowest BCUT2D eigenvalue weighted by Gasteiger charge is -2.38. The maximum Gasteiger partial charge on any atom is 0.317 e. The SMILES string of the molecule is O=C1NCC2CN(S(=O)(=O)C3COC3)CCN12. The van der Waals surface area contributed by atoms with Crippen molar-refractivity contribution < 1.29 is 17.9 Å². The van der Waals surface area contributed by atoms with Crippen molar-refractivity contribution in [3.8, 4) is 0 Å². The molecule has 96 valence electrons. The third-order valence-electron chi connectivity index (χ3n) is 3.58. The molecule has 3 aliphatic rings. The predicted octanol–water partition coefficient (Wildman–Crippen LogP) is -1.58. The highest BCUT2D eigenvalue weighted by Gasteiger charge is 2.43. The summed E-state index contributed by atoms with van der Waals surface area (Å²) < 4.78 is 30.8. The Morgan fingerprint density at radius 2 is 2.06 bits per heavy atom. The van der Waals surface area contributed by atoms with E-state index in [2.05, 4.69) is 5.32 Å². The Bertz CT molecular complexity index is 434. The van der Waals surface area contributed by atoms with Crippen LogP contribution in [0, 0.1) is 0 Å². The van der Waals surface area contributed by atoms with E-state index in [-0.39, 0.29) is 17.3 Å². The zero-order valence-electron chi connectivity index (χ0n) is 9.33. The fourth-order valence-corrected chi connectivity index (χ4v) is 4.08. The molecule has 0 bridgehead atoms. The molecule has 0 saturated carbocycles. The molecule has 3 heterocycles. The lowest BCUT2D eigenvalue weighted by atomic mass is 10.2. The monoisotopic (exact) mass is 261 g/mol. The van der Waals surface area contributed by atoms with Gasteiger partial charge in [0.2, 0.25) is 10.0 Å². The standard InChI is InChI=1S/C9H15N3O4S/c13-9-10-3-7-4-11(1-2-12(7)9)17(14,15)8-5-16-6-8/h7-8H,1-6H2,(H,10,13). The van der Waals surface area contributed by atoms with Gasteiger partial charge < -0.3 is 15.0 Å². The molecule has 0 aromatic rings. The molecule has 1 N–H and O–H groups in total. The van der Waals surface area contributed by atoms with E-state index >= 15 is 0 Å². The van der Waals surface area contributed by atoms with Crippen LogP contribution in [0.1, 0.15) is 0 Å². The van der Waals surface area contributed by atoms with Crippen molar-refractivity contribution in [3.05, 3.63) is 0 Å². The van der Waals surface area contributed by atoms with Gasteiger partial charge in [0.15, 0.2) is 0 Å². The number of sulfonamides is 1. The number of ether oxygens (including phenoxy) is 1. The Morgan fingerprint density at radius 3 is 2.71 bits per heavy atom. The number of rotatable bonds is 2. The largest absolute Gasteiger partial charge is 0.378 e. The quantitative estimate of drug-likeness (QED) is 0.651. The molecule has 2 amide bonds. The van der Waals surface area contributed by atoms with Crippen molar-refractivity contribution in [3.63, 3.8) is 0 Å². The van der Waals surface area contributed by atoms with Crippen LogP contribution in [-0.4, -0.2) is 74.3 Å². The first-order valence-corrected chi connectivity index (χ1v) is 7.20. The lowest BCUT2D eigenvalue weighted by molar-refractivity contribution is 0.0380. The van der Waals surface area contributed by atoms with Crippen LogP contribution >= 0.6 is 0 Å². The number of hydrogen-bond donors (Lipinski definition) is 1. The first-order chi connectivity index (χ1) is 8.09. The molecular weight excluding hydrogens is 246 g/mol. The number of amides is 2. The normalized spacial score (nSPS) is 30.9. The first-order valence-electron chi connectivity index (χ1n) is 5.70. The van der Waals surface area contributed by atoms with Crippen LogP contribution in [0.15, 0.2) is 0 Å². The average Bonchev–Trinajstić information content (AvgIpc) is 2.57. The summed E-state index contributed by atoms with van der Waals surface area (Å²) in [5, 5.41) is 2.34. The van der Waals surface area contributed by atoms with Gasteiger partial charge in [0.25, 0.3) is 0 Å². The van der Waals surface area contributed by atoms with Crippen LogP contribution < -0.4 is 5.32 Å². The highest BCUT2D eigenvalue weighted by atomic mass is 32.2. The molecule has 3 fully saturated rings. The number of nitrogens with one attached hydrogen (secondary N) is 1. The van der Waals surface area contributed by atoms with E-state index in [4.69, 9.17) is 4.74 Å². The van der Waals surface area contributed by atoms with Gasteiger partial charge in [-0.1, -0.05) is 0 Å². The van der Waals surface area contributed by atoms with E-state index in [1.165, 1.54) is 4.31 Å². The first kappa shape index (κ1) is 11.2. The number of hydrogen-bond acceptors (Lipinski definition) is 4. The molecule has 17 heavy (non-hydrogen) atoms. The summed E-state index contributed by atoms with van der Waals surface area (Å²) in [4.78, 5) is 13.1. The maximum atomic E-state index is 12.2. The van der Waals surface area contributed by atoms with E-state index in [0.29, 0.717) is 39.4 Å². The molecule has 3 aliphatic heterocycles. The number of carbonyl (C=O) groups excluding carboxylic acids is 1. The van der Waals surface area contributed by atoms with Crippen molar-refractivity contribution in [1.82, 2.24) is 14.5 Å². The minimum atomic E-state index is -3.24. The number of carbonyl (C=O) groups is 1. The molecule has 8 heteroatoms. The number of fused-ring (bicyclic) bond motifs is 1. The summed E-state index contributed by atoms with van der Waals surface area (Å²) >= 11 is 0. The highest BCUT2D eigenvalue weighted by Crippen LogP contribution is 2.22. The zero-order valence-corrected chi connectivity index (χ0v) is 10.1. The van der Waals surface area contributed by atoms with Crippen LogP contribution in [0.4, 0.5) is 4.79 Å². The van der Waals surface area contributed by atoms with Gasteiger partial charge >= 0.3 is 6.03 Å². The predicted molar refractivity (Wildman–Crippen MR) is 59.0 cm³/mol. The average molecular weight is 261 g/mol. The molecule has 3 saturated heterocycles. The molecule has 0 spiro atoms. The van der Waals surface area contributed by atoms with E-state index in [1.54, 1.807) is 4.90 Å². The van der Waals surface area contributed by atoms with Crippen LogP contribution in [-0.2, 0) is 14.8 Å². The summed E-state index contributed by atoms with van der Waals surface area (Å²) in [6.45, 7) is 2.39. The highest BCUT2D eigenvalue weighted by molar-refractivity contribution is 7.89. The second-order valence-corrected chi connectivity index (χ2v) is 6.81. The van der Waals surface area contributed by atoms with Gasteiger partial charge in [0, 0.05) is 26.2 Å². The summed E-state index contributed by atoms with van der Waals surface area (Å²) in [7, 11) is -3.24. The Kier molecular flexibility index (Phi) is 2.53. The number of urea groups is 1. The molecule has 3 rings (SSSR count). The minimum absolute atomic E-state index is 0.0213. The van der Waals surface area contributed by atoms with Gasteiger partial charge in [-0.25, -0.2) is 13.2 Å². The van der Waals surface area contributed by atoms with Gasteiger partial charge in [-0.2, -0.15) is 4.31 Å². The minimum Gasteiger partial charge on any atom is -0.378 e. The third-order valence-corrected chi connectivity index (χ3v) is 5.75. The van der Waals surface area contributed by atoms with Gasteiger partial charge in [-0.3, -0.25) is 0 Å². The Morgan fingerprint density at radius 1 is 1.29 bits per heavy atom. The Labute approximate surface area is 99.7 Å². The van der Waals surface area contributed by atoms with Crippen molar-refractivity contribution >= 4 is 16.1 Å². The summed E-state index contributed by atoms with van der Waals surface area (Å²) in [5.41, 5.74) is 0. The fourth-order valence-electron chi connectivity index (χ4n) is 2.40. The van der Waals surface area contributed by atoms with Crippen molar-refractivity contribution in [1.29, 1.82) is 0 Å². The summed E-state index contributed by atoms with van der Waals surface area (Å²) in [6.07, 6.45) is 0. The second kappa shape index (κ2) is 3.82. The number of piperazine rings is 1. The topological polar surface area (TPSA) is 79.0 Å². The van der Waals surface area contributed by atoms with Crippen LogP contribution in [0.5, 0.6) is 0 Å². The summed E-state index contributed by atoms with van der Waals surface area (Å²) in [5.74, 6) is 0. The van der Waals surface area contributed by atoms with Crippen molar-refractivity contribution in [2.24, 2.45) is 0 Å². The number of nitrogens with zero attached hydrogens (tertiary/aromatic N) is 2. The van der Waals surface area contributed by atoms with Crippen LogP contribution in [0.25, 0.3) is 0 Å². The molecule has 1 atom stereocenters. The smallest absolute Gasteiger partial charge is 0.317 e. The van der Waals surface area contributed by atoms with Crippen LogP contribution in [0.3, 0.4) is 0 Å². The Hall–Kier alpha value is -0.860. The van der Waals surface area contributed by atoms with E-state index in [9.17, 15) is 13.2 Å².